The van der Waals surface area contributed by atoms with Crippen LogP contribution in [0.25, 0.3) is 0 Å². The lowest BCUT2D eigenvalue weighted by molar-refractivity contribution is 0.0326. The van der Waals surface area contributed by atoms with Crippen molar-refractivity contribution in [2.45, 2.75) is 6.54 Å². The van der Waals surface area contributed by atoms with Crippen molar-refractivity contribution in [3.8, 4) is 0 Å². The smallest absolute Gasteiger partial charge is 0.217 e. The van der Waals surface area contributed by atoms with E-state index in [1.807, 2.05) is 7.05 Å². The molecule has 0 bridgehead atoms. The third-order valence-electron chi connectivity index (χ3n) is 2.30. The number of nitrogens with zero attached hydrogens (tertiary/aromatic N) is 4. The summed E-state index contributed by atoms with van der Waals surface area (Å²) in [6, 6.07) is 0. The van der Waals surface area contributed by atoms with E-state index in [0.29, 0.717) is 4.73 Å². The molecule has 1 saturated heterocycles. The highest BCUT2D eigenvalue weighted by atomic mass is 79.9. The molecule has 0 saturated carbocycles. The average Bonchev–Trinajstić information content (AvgIpc) is 2.47. The Morgan fingerprint density at radius 1 is 1.43 bits per heavy atom. The zero-order valence-electron chi connectivity index (χ0n) is 8.11. The van der Waals surface area contributed by atoms with Crippen LogP contribution in [-0.2, 0) is 18.3 Å². The maximum Gasteiger partial charge on any atom is 0.217 e. The molecule has 78 valence electrons. The van der Waals surface area contributed by atoms with Crippen molar-refractivity contribution < 1.29 is 4.74 Å². The van der Waals surface area contributed by atoms with Crippen molar-refractivity contribution in [1.29, 1.82) is 0 Å². The molecule has 0 aliphatic carbocycles. The molecule has 0 atom stereocenters. The summed E-state index contributed by atoms with van der Waals surface area (Å²) in [6.07, 6.45) is 0. The number of rotatable bonds is 2. The van der Waals surface area contributed by atoms with Crippen molar-refractivity contribution in [3.63, 3.8) is 0 Å². The van der Waals surface area contributed by atoms with Gasteiger partial charge in [0.1, 0.15) is 5.82 Å². The molecule has 0 radical (unpaired) electrons. The lowest BCUT2D eigenvalue weighted by Crippen LogP contribution is -2.36. The fourth-order valence-corrected chi connectivity index (χ4v) is 1.92. The molecule has 0 spiro atoms. The van der Waals surface area contributed by atoms with E-state index < -0.39 is 0 Å². The average molecular weight is 261 g/mol. The van der Waals surface area contributed by atoms with Crippen LogP contribution in [0.3, 0.4) is 0 Å². The zero-order chi connectivity index (χ0) is 9.97. The van der Waals surface area contributed by atoms with Gasteiger partial charge < -0.3 is 4.74 Å². The zero-order valence-corrected chi connectivity index (χ0v) is 9.70. The van der Waals surface area contributed by atoms with Crippen molar-refractivity contribution in [2.75, 3.05) is 26.3 Å². The highest BCUT2D eigenvalue weighted by Gasteiger charge is 2.14. The molecule has 14 heavy (non-hydrogen) atoms. The fraction of sp³-hybridized carbons (Fsp3) is 0.750. The third-order valence-corrected chi connectivity index (χ3v) is 2.63. The number of aryl methyl sites for hydroxylation is 1. The Morgan fingerprint density at radius 3 is 2.71 bits per heavy atom. The number of hydrogen-bond acceptors (Lipinski definition) is 4. The Balaban J connectivity index is 1.98. The normalized spacial score (nSPS) is 18.7. The van der Waals surface area contributed by atoms with E-state index in [9.17, 15) is 0 Å². The molecule has 0 unspecified atom stereocenters. The van der Waals surface area contributed by atoms with E-state index >= 15 is 0 Å². The van der Waals surface area contributed by atoms with Crippen molar-refractivity contribution >= 4 is 15.9 Å². The molecule has 0 aromatic carbocycles. The van der Waals surface area contributed by atoms with Gasteiger partial charge in [-0.15, -0.1) is 5.10 Å². The number of hydrogen-bond donors (Lipinski definition) is 0. The molecule has 0 amide bonds. The van der Waals surface area contributed by atoms with E-state index in [1.165, 1.54) is 0 Å². The monoisotopic (exact) mass is 260 g/mol. The van der Waals surface area contributed by atoms with Gasteiger partial charge >= 0.3 is 0 Å². The molecule has 6 heteroatoms. The molecule has 1 fully saturated rings. The molecule has 2 heterocycles. The maximum atomic E-state index is 5.28. The third kappa shape index (κ3) is 2.31. The molecular formula is C8H13BrN4O. The van der Waals surface area contributed by atoms with E-state index in [0.717, 1.165) is 38.7 Å². The summed E-state index contributed by atoms with van der Waals surface area (Å²) in [5.41, 5.74) is 0. The Morgan fingerprint density at radius 2 is 2.14 bits per heavy atom. The van der Waals surface area contributed by atoms with Crippen LogP contribution in [0, 0.1) is 0 Å². The first kappa shape index (κ1) is 10.1. The summed E-state index contributed by atoms with van der Waals surface area (Å²) in [7, 11) is 1.91. The van der Waals surface area contributed by atoms with E-state index in [1.54, 1.807) is 4.68 Å². The predicted molar refractivity (Wildman–Crippen MR) is 54.8 cm³/mol. The molecule has 1 aliphatic heterocycles. The van der Waals surface area contributed by atoms with Crippen LogP contribution in [0.5, 0.6) is 0 Å². The van der Waals surface area contributed by atoms with Gasteiger partial charge in [0.25, 0.3) is 0 Å². The van der Waals surface area contributed by atoms with Gasteiger partial charge in [0.15, 0.2) is 0 Å². The lowest BCUT2D eigenvalue weighted by atomic mass is 10.4. The second-order valence-corrected chi connectivity index (χ2v) is 4.02. The summed E-state index contributed by atoms with van der Waals surface area (Å²) < 4.78 is 7.74. The summed E-state index contributed by atoms with van der Waals surface area (Å²) in [4.78, 5) is 6.61. The van der Waals surface area contributed by atoms with Gasteiger partial charge in [-0.05, 0) is 15.9 Å². The van der Waals surface area contributed by atoms with Crippen LogP contribution in [-0.4, -0.2) is 46.0 Å². The number of halogens is 1. The van der Waals surface area contributed by atoms with Crippen LogP contribution in [0.1, 0.15) is 5.82 Å². The Labute approximate surface area is 91.2 Å². The first-order valence-corrected chi connectivity index (χ1v) is 5.40. The van der Waals surface area contributed by atoms with Gasteiger partial charge in [0, 0.05) is 20.1 Å². The van der Waals surface area contributed by atoms with Gasteiger partial charge in [-0.3, -0.25) is 9.58 Å². The molecular weight excluding hydrogens is 248 g/mol. The Bertz CT molecular complexity index is 308. The SMILES string of the molecule is Cn1nc(Br)nc1CN1CCOCC1. The second-order valence-electron chi connectivity index (χ2n) is 3.31. The largest absolute Gasteiger partial charge is 0.379 e. The Hall–Kier alpha value is -0.460. The van der Waals surface area contributed by atoms with Gasteiger partial charge in [-0.2, -0.15) is 0 Å². The van der Waals surface area contributed by atoms with Crippen LogP contribution < -0.4 is 0 Å². The van der Waals surface area contributed by atoms with Gasteiger partial charge in [0.05, 0.1) is 19.8 Å². The quantitative estimate of drug-likeness (QED) is 0.773. The highest BCUT2D eigenvalue weighted by Crippen LogP contribution is 2.07. The molecule has 0 N–H and O–H groups in total. The first-order valence-electron chi connectivity index (χ1n) is 4.61. The minimum atomic E-state index is 0.656. The van der Waals surface area contributed by atoms with Crippen LogP contribution in [0.15, 0.2) is 4.73 Å². The van der Waals surface area contributed by atoms with Crippen LogP contribution in [0.4, 0.5) is 0 Å². The molecule has 1 aromatic heterocycles. The molecule has 5 nitrogen and oxygen atoms in total. The van der Waals surface area contributed by atoms with Crippen LogP contribution >= 0.6 is 15.9 Å². The lowest BCUT2D eigenvalue weighted by Gasteiger charge is -2.25. The topological polar surface area (TPSA) is 43.2 Å². The molecule has 1 aliphatic rings. The minimum Gasteiger partial charge on any atom is -0.379 e. The summed E-state index contributed by atoms with van der Waals surface area (Å²) in [5.74, 6) is 0.985. The highest BCUT2D eigenvalue weighted by molar-refractivity contribution is 9.10. The fourth-order valence-electron chi connectivity index (χ4n) is 1.48. The van der Waals surface area contributed by atoms with Gasteiger partial charge in [-0.25, -0.2) is 4.98 Å². The van der Waals surface area contributed by atoms with Crippen molar-refractivity contribution in [1.82, 2.24) is 19.7 Å². The first-order chi connectivity index (χ1) is 6.75. The maximum absolute atomic E-state index is 5.28. The Kier molecular flexibility index (Phi) is 3.15. The van der Waals surface area contributed by atoms with Gasteiger partial charge in [0.2, 0.25) is 4.73 Å². The van der Waals surface area contributed by atoms with Crippen molar-refractivity contribution in [3.05, 3.63) is 10.6 Å². The number of morpholine rings is 1. The minimum absolute atomic E-state index is 0.656. The van der Waals surface area contributed by atoms with Gasteiger partial charge in [-0.1, -0.05) is 0 Å². The van der Waals surface area contributed by atoms with Crippen LogP contribution in [0.2, 0.25) is 0 Å². The predicted octanol–water partition coefficient (Wildman–Crippen LogP) is 0.410. The van der Waals surface area contributed by atoms with E-state index in [2.05, 4.69) is 30.9 Å². The second kappa shape index (κ2) is 4.37. The van der Waals surface area contributed by atoms with E-state index in [4.69, 9.17) is 4.74 Å². The standard InChI is InChI=1S/C8H13BrN4O/c1-12-7(10-8(9)11-12)6-13-2-4-14-5-3-13/h2-6H2,1H3. The van der Waals surface area contributed by atoms with Crippen molar-refractivity contribution in [2.24, 2.45) is 7.05 Å². The molecule has 1 aromatic rings. The van der Waals surface area contributed by atoms with E-state index in [-0.39, 0.29) is 0 Å². The summed E-state index contributed by atoms with van der Waals surface area (Å²) >= 11 is 3.26. The summed E-state index contributed by atoms with van der Waals surface area (Å²) in [6.45, 7) is 4.44. The summed E-state index contributed by atoms with van der Waals surface area (Å²) in [5, 5.41) is 4.14. The number of aromatic nitrogens is 3. The number of ether oxygens (including phenoxy) is 1. The molecule has 2 rings (SSSR count).